The minimum Gasteiger partial charge on any atom is -0.756 e. The molecule has 0 bridgehead atoms. The molecule has 0 aliphatic heterocycles. The highest BCUT2D eigenvalue weighted by Crippen LogP contribution is 2.38. The number of phosphoric ester groups is 1. The lowest BCUT2D eigenvalue weighted by Crippen LogP contribution is -2.37. The summed E-state index contributed by atoms with van der Waals surface area (Å²) in [6.07, 6.45) is 42.4. The van der Waals surface area contributed by atoms with Crippen molar-refractivity contribution in [3.05, 3.63) is 60.8 Å². The van der Waals surface area contributed by atoms with Gasteiger partial charge < -0.3 is 27.9 Å². The summed E-state index contributed by atoms with van der Waals surface area (Å²) in [7, 11) is 1.13. The van der Waals surface area contributed by atoms with Crippen molar-refractivity contribution in [1.29, 1.82) is 0 Å². The van der Waals surface area contributed by atoms with Crippen molar-refractivity contribution in [1.82, 2.24) is 0 Å². The van der Waals surface area contributed by atoms with E-state index in [0.29, 0.717) is 23.9 Å². The van der Waals surface area contributed by atoms with Crippen molar-refractivity contribution in [2.45, 2.75) is 161 Å². The van der Waals surface area contributed by atoms with E-state index in [0.717, 1.165) is 70.6 Å². The number of carbonyl (C=O) groups excluding carboxylic acids is 2. The standard InChI is InChI=1S/C44H78NO8P/c1-6-8-10-12-14-16-18-20-22-24-26-28-30-32-34-36-43(46)50-40-42(41-52-54(48,49)51-39-38-45(3,4)5)53-44(47)37-35-33-31-29-27-25-23-21-19-17-15-13-11-9-7-2/h8,10,12,14,16,18,20-23,42H,6-7,9,11,13,15,17,19,24-41H2,1-5H3/b10-8+,14-12+,18-16+,22-20+,23-21+/t42-/m1/s1. The van der Waals surface area contributed by atoms with E-state index in [1.165, 1.54) is 44.9 Å². The van der Waals surface area contributed by atoms with Crippen LogP contribution in [0, 0.1) is 0 Å². The summed E-state index contributed by atoms with van der Waals surface area (Å²) in [5.41, 5.74) is 0. The zero-order valence-corrected chi connectivity index (χ0v) is 35.8. The number of esters is 2. The average molecular weight is 780 g/mol. The van der Waals surface area contributed by atoms with E-state index >= 15 is 0 Å². The Hall–Kier alpha value is -2.29. The third kappa shape index (κ3) is 39.4. The molecule has 0 aromatic carbocycles. The molecule has 0 spiro atoms. The fourth-order valence-corrected chi connectivity index (χ4v) is 6.03. The lowest BCUT2D eigenvalue weighted by atomic mass is 10.1. The molecule has 0 N–H and O–H groups in total. The Kier molecular flexibility index (Phi) is 34.8. The molecular formula is C44H78NO8P. The van der Waals surface area contributed by atoms with Crippen LogP contribution in [0.3, 0.4) is 0 Å². The molecule has 10 heteroatoms. The van der Waals surface area contributed by atoms with Crippen LogP contribution in [0.4, 0.5) is 0 Å². The summed E-state index contributed by atoms with van der Waals surface area (Å²) < 4.78 is 33.8. The molecule has 0 saturated carbocycles. The summed E-state index contributed by atoms with van der Waals surface area (Å²) in [6, 6.07) is 0. The predicted octanol–water partition coefficient (Wildman–Crippen LogP) is 11.1. The lowest BCUT2D eigenvalue weighted by Gasteiger charge is -2.28. The largest absolute Gasteiger partial charge is 0.756 e. The number of rotatable bonds is 37. The van der Waals surface area contributed by atoms with Gasteiger partial charge in [-0.15, -0.1) is 0 Å². The number of allylic oxidation sites excluding steroid dienone is 10. The molecule has 0 saturated heterocycles. The van der Waals surface area contributed by atoms with Crippen LogP contribution in [0.2, 0.25) is 0 Å². The van der Waals surface area contributed by atoms with E-state index in [1.807, 2.05) is 51.5 Å². The number of hydrogen-bond acceptors (Lipinski definition) is 8. The van der Waals surface area contributed by atoms with Gasteiger partial charge in [0.1, 0.15) is 19.8 Å². The zero-order valence-electron chi connectivity index (χ0n) is 34.9. The third-order valence-electron chi connectivity index (χ3n) is 8.62. The first-order valence-electron chi connectivity index (χ1n) is 21.0. The van der Waals surface area contributed by atoms with Gasteiger partial charge in [0, 0.05) is 12.8 Å². The number of likely N-dealkylation sites (N-methyl/N-ethyl adjacent to an activating group) is 1. The van der Waals surface area contributed by atoms with Gasteiger partial charge >= 0.3 is 11.9 Å². The van der Waals surface area contributed by atoms with Gasteiger partial charge in [0.05, 0.1) is 27.7 Å². The highest BCUT2D eigenvalue weighted by Gasteiger charge is 2.21. The maximum Gasteiger partial charge on any atom is 0.306 e. The van der Waals surface area contributed by atoms with Crippen LogP contribution in [0.1, 0.15) is 155 Å². The second-order valence-electron chi connectivity index (χ2n) is 15.1. The van der Waals surface area contributed by atoms with Gasteiger partial charge in [0.2, 0.25) is 0 Å². The Morgan fingerprint density at radius 3 is 1.63 bits per heavy atom. The Morgan fingerprint density at radius 1 is 0.593 bits per heavy atom. The first-order chi connectivity index (χ1) is 26.0. The monoisotopic (exact) mass is 780 g/mol. The summed E-state index contributed by atoms with van der Waals surface area (Å²) in [5, 5.41) is 0. The number of phosphoric acid groups is 1. The molecule has 9 nitrogen and oxygen atoms in total. The smallest absolute Gasteiger partial charge is 0.306 e. The number of carbonyl (C=O) groups is 2. The third-order valence-corrected chi connectivity index (χ3v) is 9.58. The van der Waals surface area contributed by atoms with Crippen molar-refractivity contribution in [2.75, 3.05) is 47.5 Å². The molecule has 0 aromatic rings. The predicted molar refractivity (Wildman–Crippen MR) is 222 cm³/mol. The van der Waals surface area contributed by atoms with E-state index < -0.39 is 32.5 Å². The molecule has 0 heterocycles. The molecule has 312 valence electrons. The molecule has 2 atom stereocenters. The maximum atomic E-state index is 12.6. The van der Waals surface area contributed by atoms with Crippen LogP contribution in [-0.4, -0.2) is 70.0 Å². The number of hydrogen-bond donors (Lipinski definition) is 0. The normalized spacial score (nSPS) is 14.3. The van der Waals surface area contributed by atoms with Crippen molar-refractivity contribution in [2.24, 2.45) is 0 Å². The minimum absolute atomic E-state index is 0.0392. The van der Waals surface area contributed by atoms with Crippen molar-refractivity contribution >= 4 is 19.8 Å². The summed E-state index contributed by atoms with van der Waals surface area (Å²) in [4.78, 5) is 37.5. The average Bonchev–Trinajstić information content (AvgIpc) is 3.12. The first-order valence-corrected chi connectivity index (χ1v) is 22.5. The second-order valence-corrected chi connectivity index (χ2v) is 16.5. The van der Waals surface area contributed by atoms with Gasteiger partial charge in [-0.1, -0.05) is 145 Å². The quantitative estimate of drug-likeness (QED) is 0.0153. The highest BCUT2D eigenvalue weighted by atomic mass is 31.2. The van der Waals surface area contributed by atoms with E-state index in [1.54, 1.807) is 0 Å². The van der Waals surface area contributed by atoms with Gasteiger partial charge in [-0.25, -0.2) is 0 Å². The van der Waals surface area contributed by atoms with Crippen LogP contribution in [0.15, 0.2) is 60.8 Å². The fourth-order valence-electron chi connectivity index (χ4n) is 5.31. The van der Waals surface area contributed by atoms with Gasteiger partial charge in [0.15, 0.2) is 6.10 Å². The van der Waals surface area contributed by atoms with Crippen LogP contribution >= 0.6 is 7.82 Å². The Labute approximate surface area is 330 Å². The van der Waals surface area contributed by atoms with Crippen LogP contribution in [0.25, 0.3) is 0 Å². The molecule has 54 heavy (non-hydrogen) atoms. The molecular weight excluding hydrogens is 701 g/mol. The molecule has 1 unspecified atom stereocenters. The topological polar surface area (TPSA) is 111 Å². The molecule has 0 rings (SSSR count). The number of nitrogens with zero attached hydrogens (tertiary/aromatic N) is 1. The lowest BCUT2D eigenvalue weighted by molar-refractivity contribution is -0.870. The number of quaternary nitrogens is 1. The Morgan fingerprint density at radius 2 is 1.07 bits per heavy atom. The summed E-state index contributed by atoms with van der Waals surface area (Å²) >= 11 is 0. The van der Waals surface area contributed by atoms with E-state index in [-0.39, 0.29) is 26.1 Å². The summed E-state index contributed by atoms with van der Waals surface area (Å²) in [6.45, 7) is 4.03. The van der Waals surface area contributed by atoms with Crippen LogP contribution in [0.5, 0.6) is 0 Å². The fraction of sp³-hybridized carbons (Fsp3) is 0.727. The van der Waals surface area contributed by atoms with Gasteiger partial charge in [-0.05, 0) is 57.8 Å². The van der Waals surface area contributed by atoms with E-state index in [9.17, 15) is 19.0 Å². The molecule has 0 aliphatic rings. The number of unbranched alkanes of at least 4 members (excludes halogenated alkanes) is 16. The highest BCUT2D eigenvalue weighted by molar-refractivity contribution is 7.45. The second kappa shape index (κ2) is 36.4. The molecule has 0 aliphatic carbocycles. The maximum absolute atomic E-state index is 12.6. The molecule has 0 amide bonds. The molecule has 0 radical (unpaired) electrons. The Bertz CT molecular complexity index is 1110. The van der Waals surface area contributed by atoms with Gasteiger partial charge in [0.25, 0.3) is 7.82 Å². The summed E-state index contributed by atoms with van der Waals surface area (Å²) in [5.74, 6) is -0.877. The van der Waals surface area contributed by atoms with Crippen molar-refractivity contribution < 1.29 is 42.1 Å². The zero-order chi connectivity index (χ0) is 40.0. The first kappa shape index (κ1) is 51.7. The molecule has 0 fully saturated rings. The Balaban J connectivity index is 4.45. The van der Waals surface area contributed by atoms with Gasteiger partial charge in [-0.3, -0.25) is 14.2 Å². The van der Waals surface area contributed by atoms with Crippen molar-refractivity contribution in [3.8, 4) is 0 Å². The molecule has 0 aromatic heterocycles. The van der Waals surface area contributed by atoms with Crippen molar-refractivity contribution in [3.63, 3.8) is 0 Å². The SMILES string of the molecule is CC/C=C/C=C/C=C/C=C/CCCCCCCC(=O)OC[C@H](COP(=O)([O-])OCC[N+](C)(C)C)OC(=O)CCCCCCC/C=C/CCCCCCCC. The van der Waals surface area contributed by atoms with Gasteiger partial charge in [-0.2, -0.15) is 0 Å². The van der Waals surface area contributed by atoms with Crippen LogP contribution < -0.4 is 4.89 Å². The minimum atomic E-state index is -4.63. The van der Waals surface area contributed by atoms with E-state index in [2.05, 4.69) is 44.2 Å². The van der Waals surface area contributed by atoms with Crippen LogP contribution in [-0.2, 0) is 32.7 Å². The number of ether oxygens (including phenoxy) is 2. The van der Waals surface area contributed by atoms with E-state index in [4.69, 9.17) is 18.5 Å².